The molecule has 1 aromatic rings. The largest absolute Gasteiger partial charge is 0.433 e. The van der Waals surface area contributed by atoms with Crippen molar-refractivity contribution in [2.45, 2.75) is 39.4 Å². The number of rotatable bonds is 4. The second-order valence-electron chi connectivity index (χ2n) is 4.40. The van der Waals surface area contributed by atoms with E-state index in [2.05, 4.69) is 15.3 Å². The molecule has 0 saturated carbocycles. The van der Waals surface area contributed by atoms with Gasteiger partial charge in [0.1, 0.15) is 5.82 Å². The van der Waals surface area contributed by atoms with Gasteiger partial charge in [0.25, 0.3) is 0 Å². The van der Waals surface area contributed by atoms with E-state index in [0.717, 1.165) is 12.5 Å². The third kappa shape index (κ3) is 3.75. The van der Waals surface area contributed by atoms with Crippen molar-refractivity contribution in [3.05, 3.63) is 11.8 Å². The molecule has 102 valence electrons. The second-order valence-corrected chi connectivity index (χ2v) is 4.40. The molecule has 1 unspecified atom stereocenters. The Morgan fingerprint density at radius 3 is 2.39 bits per heavy atom. The number of nitrogens with two attached hydrogens (primary N) is 1. The Kier molecular flexibility index (Phi) is 4.37. The fourth-order valence-electron chi connectivity index (χ4n) is 1.62. The molecule has 4 nitrogen and oxygen atoms in total. The van der Waals surface area contributed by atoms with E-state index in [9.17, 15) is 13.2 Å². The summed E-state index contributed by atoms with van der Waals surface area (Å²) in [4.78, 5) is 6.96. The molecule has 0 bridgehead atoms. The zero-order valence-corrected chi connectivity index (χ0v) is 10.5. The van der Waals surface area contributed by atoms with E-state index in [1.165, 1.54) is 0 Å². The topological polar surface area (TPSA) is 63.8 Å². The van der Waals surface area contributed by atoms with Crippen LogP contribution in [0.15, 0.2) is 6.07 Å². The zero-order chi connectivity index (χ0) is 13.9. The first-order valence-electron chi connectivity index (χ1n) is 5.72. The van der Waals surface area contributed by atoms with Crippen molar-refractivity contribution in [1.29, 1.82) is 0 Å². The summed E-state index contributed by atoms with van der Waals surface area (Å²) in [6, 6.07) is 0.918. The van der Waals surface area contributed by atoms with Crippen LogP contribution in [0.4, 0.5) is 24.9 Å². The van der Waals surface area contributed by atoms with Crippen LogP contribution < -0.4 is 11.1 Å². The van der Waals surface area contributed by atoms with Gasteiger partial charge >= 0.3 is 6.18 Å². The Bertz CT molecular complexity index is 404. The standard InChI is InChI=1S/C11H17F3N4/c1-4-7(6(2)3)16-9-5-8(11(12,13)14)17-10(15)18-9/h5-7H,4H2,1-3H3,(H3,15,16,17,18). The zero-order valence-electron chi connectivity index (χ0n) is 10.5. The predicted octanol–water partition coefficient (Wildman–Crippen LogP) is 2.92. The van der Waals surface area contributed by atoms with Gasteiger partial charge < -0.3 is 11.1 Å². The molecule has 0 saturated heterocycles. The lowest BCUT2D eigenvalue weighted by atomic mass is 10.0. The van der Waals surface area contributed by atoms with Crippen molar-refractivity contribution in [2.75, 3.05) is 11.1 Å². The molecule has 0 radical (unpaired) electrons. The molecule has 18 heavy (non-hydrogen) atoms. The van der Waals surface area contributed by atoms with Crippen LogP contribution in [-0.2, 0) is 6.18 Å². The molecule has 0 aromatic carbocycles. The highest BCUT2D eigenvalue weighted by atomic mass is 19.4. The first kappa shape index (κ1) is 14.5. The summed E-state index contributed by atoms with van der Waals surface area (Å²) in [5.41, 5.74) is 4.26. The third-order valence-corrected chi connectivity index (χ3v) is 2.61. The number of nitrogens with one attached hydrogen (secondary N) is 1. The molecule has 1 atom stereocenters. The Balaban J connectivity index is 3.00. The highest BCUT2D eigenvalue weighted by molar-refractivity contribution is 5.42. The van der Waals surface area contributed by atoms with Crippen molar-refractivity contribution in [3.8, 4) is 0 Å². The Morgan fingerprint density at radius 1 is 1.33 bits per heavy atom. The average Bonchev–Trinajstić information content (AvgIpc) is 2.23. The smallest absolute Gasteiger partial charge is 0.368 e. The fraction of sp³-hybridized carbons (Fsp3) is 0.636. The maximum Gasteiger partial charge on any atom is 0.433 e. The van der Waals surface area contributed by atoms with Crippen LogP contribution in [0.3, 0.4) is 0 Å². The van der Waals surface area contributed by atoms with Gasteiger partial charge in [-0.2, -0.15) is 18.2 Å². The summed E-state index contributed by atoms with van der Waals surface area (Å²) in [7, 11) is 0. The van der Waals surface area contributed by atoms with Crippen LogP contribution in [0.5, 0.6) is 0 Å². The number of hydrogen-bond acceptors (Lipinski definition) is 4. The maximum absolute atomic E-state index is 12.6. The minimum absolute atomic E-state index is 0.0420. The van der Waals surface area contributed by atoms with Gasteiger partial charge in [0.15, 0.2) is 5.69 Å². The van der Waals surface area contributed by atoms with Crippen molar-refractivity contribution >= 4 is 11.8 Å². The highest BCUT2D eigenvalue weighted by Gasteiger charge is 2.33. The van der Waals surface area contributed by atoms with E-state index in [-0.39, 0.29) is 23.7 Å². The first-order valence-corrected chi connectivity index (χ1v) is 5.72. The number of hydrogen-bond donors (Lipinski definition) is 2. The van der Waals surface area contributed by atoms with Crippen molar-refractivity contribution in [2.24, 2.45) is 5.92 Å². The van der Waals surface area contributed by atoms with Crippen LogP contribution in [0.2, 0.25) is 0 Å². The number of halogens is 3. The summed E-state index contributed by atoms with van der Waals surface area (Å²) >= 11 is 0. The molecular formula is C11H17F3N4. The van der Waals surface area contributed by atoms with Crippen molar-refractivity contribution in [3.63, 3.8) is 0 Å². The number of aromatic nitrogens is 2. The molecule has 3 N–H and O–H groups in total. The molecule has 7 heteroatoms. The quantitative estimate of drug-likeness (QED) is 0.875. The van der Waals surface area contributed by atoms with Gasteiger partial charge in [0, 0.05) is 12.1 Å². The van der Waals surface area contributed by atoms with E-state index in [1.54, 1.807) is 0 Å². The lowest BCUT2D eigenvalue weighted by molar-refractivity contribution is -0.141. The van der Waals surface area contributed by atoms with Gasteiger partial charge in [-0.05, 0) is 12.3 Å². The molecule has 1 rings (SSSR count). The predicted molar refractivity (Wildman–Crippen MR) is 64.0 cm³/mol. The van der Waals surface area contributed by atoms with Gasteiger partial charge in [-0.3, -0.25) is 0 Å². The first-order chi connectivity index (χ1) is 8.24. The van der Waals surface area contributed by atoms with E-state index in [0.29, 0.717) is 0 Å². The maximum atomic E-state index is 12.6. The highest BCUT2D eigenvalue weighted by Crippen LogP contribution is 2.29. The van der Waals surface area contributed by atoms with Crippen LogP contribution >= 0.6 is 0 Å². The SMILES string of the molecule is CCC(Nc1cc(C(F)(F)F)nc(N)n1)C(C)C. The van der Waals surface area contributed by atoms with E-state index >= 15 is 0 Å². The minimum Gasteiger partial charge on any atom is -0.368 e. The number of anilines is 2. The lowest BCUT2D eigenvalue weighted by Gasteiger charge is -2.21. The summed E-state index contributed by atoms with van der Waals surface area (Å²) in [5, 5.41) is 2.95. The van der Waals surface area contributed by atoms with Crippen LogP contribution in [0.1, 0.15) is 32.9 Å². The van der Waals surface area contributed by atoms with Crippen LogP contribution in [-0.4, -0.2) is 16.0 Å². The molecule has 0 aliphatic carbocycles. The summed E-state index contributed by atoms with van der Waals surface area (Å²) in [5.74, 6) is 0.00170. The molecule has 0 spiro atoms. The Labute approximate surface area is 104 Å². The van der Waals surface area contributed by atoms with Crippen molar-refractivity contribution in [1.82, 2.24) is 9.97 Å². The molecule has 0 aliphatic heterocycles. The Morgan fingerprint density at radius 2 is 1.94 bits per heavy atom. The Hall–Kier alpha value is -1.53. The molecule has 0 aliphatic rings. The third-order valence-electron chi connectivity index (χ3n) is 2.61. The molecule has 0 amide bonds. The van der Waals surface area contributed by atoms with E-state index in [4.69, 9.17) is 5.73 Å². The van der Waals surface area contributed by atoms with Gasteiger partial charge in [-0.15, -0.1) is 0 Å². The van der Waals surface area contributed by atoms with Gasteiger partial charge in [0.2, 0.25) is 5.95 Å². The van der Waals surface area contributed by atoms with Gasteiger partial charge in [-0.25, -0.2) is 4.98 Å². The van der Waals surface area contributed by atoms with Gasteiger partial charge in [-0.1, -0.05) is 20.8 Å². The second kappa shape index (κ2) is 5.41. The fourth-order valence-corrected chi connectivity index (χ4v) is 1.62. The number of nitrogen functional groups attached to an aromatic ring is 1. The number of alkyl halides is 3. The molecular weight excluding hydrogens is 245 g/mol. The lowest BCUT2D eigenvalue weighted by Crippen LogP contribution is -2.26. The summed E-state index contributed by atoms with van der Waals surface area (Å²) in [6.07, 6.45) is -3.74. The van der Waals surface area contributed by atoms with Crippen molar-refractivity contribution < 1.29 is 13.2 Å². The average molecular weight is 262 g/mol. The molecule has 0 fully saturated rings. The molecule has 1 heterocycles. The van der Waals surface area contributed by atoms with E-state index < -0.39 is 11.9 Å². The minimum atomic E-state index is -4.52. The molecule has 1 aromatic heterocycles. The van der Waals surface area contributed by atoms with E-state index in [1.807, 2.05) is 20.8 Å². The summed E-state index contributed by atoms with van der Waals surface area (Å²) in [6.45, 7) is 5.92. The van der Waals surface area contributed by atoms with Crippen LogP contribution in [0, 0.1) is 5.92 Å². The van der Waals surface area contributed by atoms with Gasteiger partial charge in [0.05, 0.1) is 0 Å². The normalized spacial score (nSPS) is 13.7. The monoisotopic (exact) mass is 262 g/mol. The van der Waals surface area contributed by atoms with Crippen LogP contribution in [0.25, 0.3) is 0 Å². The summed E-state index contributed by atoms with van der Waals surface area (Å²) < 4.78 is 37.7. The number of nitrogens with zero attached hydrogens (tertiary/aromatic N) is 2.